The molecule has 0 radical (unpaired) electrons. The first kappa shape index (κ1) is 22.2. The van der Waals surface area contributed by atoms with Crippen molar-refractivity contribution in [1.29, 1.82) is 0 Å². The van der Waals surface area contributed by atoms with Crippen molar-refractivity contribution in [2.24, 2.45) is 5.92 Å². The van der Waals surface area contributed by atoms with E-state index in [0.29, 0.717) is 22.4 Å². The van der Waals surface area contributed by atoms with E-state index in [9.17, 15) is 13.2 Å². The molecule has 1 fully saturated rings. The number of hydrogen-bond acceptors (Lipinski definition) is 0. The van der Waals surface area contributed by atoms with Gasteiger partial charge in [-0.25, -0.2) is 13.2 Å². The first-order valence-corrected chi connectivity index (χ1v) is 11.4. The lowest BCUT2D eigenvalue weighted by atomic mass is 9.77. The predicted molar refractivity (Wildman–Crippen MR) is 125 cm³/mol. The SMILES string of the molecule is C/C=C/CCC1CCC(c2ccc(C#Cc3ccc4c(F)c(F)ccc4c3)c(F)c2)CC1. The fourth-order valence-corrected chi connectivity index (χ4v) is 4.65. The second-order valence-corrected chi connectivity index (χ2v) is 8.65. The molecule has 1 aliphatic rings. The van der Waals surface area contributed by atoms with E-state index in [-0.39, 0.29) is 11.2 Å². The quantitative estimate of drug-likeness (QED) is 0.287. The molecule has 164 valence electrons. The lowest BCUT2D eigenvalue weighted by Crippen LogP contribution is -2.13. The van der Waals surface area contributed by atoms with Gasteiger partial charge in [-0.05, 0) is 98.6 Å². The van der Waals surface area contributed by atoms with E-state index in [1.54, 1.807) is 24.3 Å². The van der Waals surface area contributed by atoms with Crippen LogP contribution >= 0.6 is 0 Å². The first-order chi connectivity index (χ1) is 15.5. The van der Waals surface area contributed by atoms with E-state index in [1.807, 2.05) is 6.07 Å². The Morgan fingerprint density at radius 1 is 0.875 bits per heavy atom. The lowest BCUT2D eigenvalue weighted by molar-refractivity contribution is 0.311. The molecule has 0 nitrogen and oxygen atoms in total. The fraction of sp³-hybridized carbons (Fsp3) is 0.310. The molecule has 0 bridgehead atoms. The summed E-state index contributed by atoms with van der Waals surface area (Å²) in [6.07, 6.45) is 11.4. The van der Waals surface area contributed by atoms with Gasteiger partial charge in [0.25, 0.3) is 0 Å². The van der Waals surface area contributed by atoms with Crippen LogP contribution < -0.4 is 0 Å². The maximum absolute atomic E-state index is 14.7. The van der Waals surface area contributed by atoms with Gasteiger partial charge in [0.15, 0.2) is 11.6 Å². The Bertz CT molecular complexity index is 1190. The zero-order valence-corrected chi connectivity index (χ0v) is 18.3. The van der Waals surface area contributed by atoms with E-state index >= 15 is 0 Å². The second kappa shape index (κ2) is 10.1. The van der Waals surface area contributed by atoms with Crippen LogP contribution in [0.15, 0.2) is 60.7 Å². The summed E-state index contributed by atoms with van der Waals surface area (Å²) in [5.74, 6) is 4.98. The van der Waals surface area contributed by atoms with Gasteiger partial charge >= 0.3 is 0 Å². The van der Waals surface area contributed by atoms with Crippen molar-refractivity contribution in [3.8, 4) is 11.8 Å². The fourth-order valence-electron chi connectivity index (χ4n) is 4.65. The van der Waals surface area contributed by atoms with Gasteiger partial charge in [-0.1, -0.05) is 42.2 Å². The number of rotatable bonds is 4. The minimum Gasteiger partial charge on any atom is -0.206 e. The highest BCUT2D eigenvalue weighted by molar-refractivity contribution is 5.84. The van der Waals surface area contributed by atoms with Crippen molar-refractivity contribution in [2.45, 2.75) is 51.4 Å². The average molecular weight is 433 g/mol. The van der Waals surface area contributed by atoms with E-state index in [0.717, 1.165) is 36.8 Å². The van der Waals surface area contributed by atoms with Crippen LogP contribution in [0, 0.1) is 35.2 Å². The predicted octanol–water partition coefficient (Wildman–Crippen LogP) is 8.29. The van der Waals surface area contributed by atoms with Crippen LogP contribution in [0.1, 0.15) is 68.1 Å². The summed E-state index contributed by atoms with van der Waals surface area (Å²) >= 11 is 0. The van der Waals surface area contributed by atoms with Crippen molar-refractivity contribution in [3.05, 3.63) is 94.8 Å². The topological polar surface area (TPSA) is 0 Å². The number of benzene rings is 3. The van der Waals surface area contributed by atoms with Crippen molar-refractivity contribution >= 4 is 10.8 Å². The molecular weight excluding hydrogens is 405 g/mol. The van der Waals surface area contributed by atoms with E-state index in [2.05, 4.69) is 30.9 Å². The number of halogens is 3. The third-order valence-corrected chi connectivity index (χ3v) is 6.54. The summed E-state index contributed by atoms with van der Waals surface area (Å²) in [6, 6.07) is 12.8. The molecule has 32 heavy (non-hydrogen) atoms. The molecule has 3 aromatic rings. The first-order valence-electron chi connectivity index (χ1n) is 11.4. The van der Waals surface area contributed by atoms with Gasteiger partial charge in [-0.2, -0.15) is 0 Å². The number of fused-ring (bicyclic) bond motifs is 1. The second-order valence-electron chi connectivity index (χ2n) is 8.65. The highest BCUT2D eigenvalue weighted by Gasteiger charge is 2.22. The average Bonchev–Trinajstić information content (AvgIpc) is 2.81. The molecule has 0 aromatic heterocycles. The maximum Gasteiger partial charge on any atom is 0.166 e. The number of hydrogen-bond donors (Lipinski definition) is 0. The summed E-state index contributed by atoms with van der Waals surface area (Å²) in [6.45, 7) is 2.06. The van der Waals surface area contributed by atoms with Gasteiger partial charge in [0.05, 0.1) is 5.56 Å². The van der Waals surface area contributed by atoms with E-state index in [1.165, 1.54) is 31.4 Å². The van der Waals surface area contributed by atoms with Crippen LogP contribution in [0.25, 0.3) is 10.8 Å². The van der Waals surface area contributed by atoms with E-state index in [4.69, 9.17) is 0 Å². The molecule has 0 saturated heterocycles. The molecule has 0 N–H and O–H groups in total. The summed E-state index contributed by atoms with van der Waals surface area (Å²) in [4.78, 5) is 0. The molecule has 0 atom stereocenters. The van der Waals surface area contributed by atoms with Gasteiger partial charge in [0, 0.05) is 10.9 Å². The number of allylic oxidation sites excluding steroid dienone is 2. The molecule has 0 spiro atoms. The van der Waals surface area contributed by atoms with Crippen LogP contribution in [-0.2, 0) is 0 Å². The molecule has 0 unspecified atom stereocenters. The standard InChI is InChI=1S/C29H27F3/c1-2-3-4-5-20-6-10-22(11-7-20)24-14-13-23(28(31)19-24)12-8-21-9-16-26-25(18-21)15-17-27(30)29(26)32/h2-3,9,13-20,22H,4-7,10-11H2,1H3/b3-2+. The van der Waals surface area contributed by atoms with Gasteiger partial charge in [0.2, 0.25) is 0 Å². The Morgan fingerprint density at radius 2 is 1.69 bits per heavy atom. The van der Waals surface area contributed by atoms with Gasteiger partial charge in [-0.15, -0.1) is 0 Å². The van der Waals surface area contributed by atoms with Crippen molar-refractivity contribution in [2.75, 3.05) is 0 Å². The molecule has 0 aliphatic heterocycles. The Balaban J connectivity index is 1.44. The van der Waals surface area contributed by atoms with Crippen LogP contribution in [-0.4, -0.2) is 0 Å². The Hall–Kier alpha value is -2.99. The van der Waals surface area contributed by atoms with Crippen LogP contribution in [0.2, 0.25) is 0 Å². The minimum absolute atomic E-state index is 0.211. The van der Waals surface area contributed by atoms with Gasteiger partial charge in [-0.3, -0.25) is 0 Å². The van der Waals surface area contributed by atoms with Gasteiger partial charge < -0.3 is 0 Å². The van der Waals surface area contributed by atoms with E-state index < -0.39 is 11.6 Å². The molecular formula is C29H27F3. The summed E-state index contributed by atoms with van der Waals surface area (Å²) in [5.41, 5.74) is 2.03. The minimum atomic E-state index is -0.874. The lowest BCUT2D eigenvalue weighted by Gasteiger charge is -2.28. The Morgan fingerprint density at radius 3 is 2.44 bits per heavy atom. The molecule has 3 heteroatoms. The molecule has 1 aliphatic carbocycles. The molecule has 0 amide bonds. The van der Waals surface area contributed by atoms with Crippen molar-refractivity contribution in [3.63, 3.8) is 0 Å². The zero-order valence-electron chi connectivity index (χ0n) is 18.3. The zero-order chi connectivity index (χ0) is 22.5. The largest absolute Gasteiger partial charge is 0.206 e. The molecule has 0 heterocycles. The molecule has 4 rings (SSSR count). The monoisotopic (exact) mass is 432 g/mol. The third kappa shape index (κ3) is 5.07. The van der Waals surface area contributed by atoms with Crippen LogP contribution in [0.4, 0.5) is 13.2 Å². The summed E-state index contributed by atoms with van der Waals surface area (Å²) in [7, 11) is 0. The Kier molecular flexibility index (Phi) is 7.00. The van der Waals surface area contributed by atoms with Gasteiger partial charge in [0.1, 0.15) is 5.82 Å². The normalized spacial score (nSPS) is 18.6. The molecule has 3 aromatic carbocycles. The Labute approximate surface area is 188 Å². The van der Waals surface area contributed by atoms with Crippen molar-refractivity contribution < 1.29 is 13.2 Å². The molecule has 1 saturated carbocycles. The highest BCUT2D eigenvalue weighted by Crippen LogP contribution is 2.38. The third-order valence-electron chi connectivity index (χ3n) is 6.54. The smallest absolute Gasteiger partial charge is 0.166 e. The van der Waals surface area contributed by atoms with Crippen LogP contribution in [0.3, 0.4) is 0 Å². The van der Waals surface area contributed by atoms with Crippen molar-refractivity contribution in [1.82, 2.24) is 0 Å². The summed E-state index contributed by atoms with van der Waals surface area (Å²) in [5, 5.41) is 0.774. The van der Waals surface area contributed by atoms with Crippen LogP contribution in [0.5, 0.6) is 0 Å². The summed E-state index contributed by atoms with van der Waals surface area (Å²) < 4.78 is 42.0. The highest BCUT2D eigenvalue weighted by atomic mass is 19.2. The maximum atomic E-state index is 14.7.